The lowest BCUT2D eigenvalue weighted by Crippen LogP contribution is -2.39. The molecule has 4 heteroatoms. The van der Waals surface area contributed by atoms with Gasteiger partial charge in [-0.3, -0.25) is 4.79 Å². The fraction of sp³-hybridized carbons (Fsp3) is 0.273. The first-order valence-electron chi connectivity index (χ1n) is 4.67. The summed E-state index contributed by atoms with van der Waals surface area (Å²) in [5, 5.41) is 2.58. The molecule has 0 bridgehead atoms. The molecule has 3 nitrogen and oxygen atoms in total. The van der Waals surface area contributed by atoms with Gasteiger partial charge < -0.3 is 10.1 Å². The van der Waals surface area contributed by atoms with Crippen LogP contribution < -0.4 is 5.32 Å². The highest BCUT2D eigenvalue weighted by molar-refractivity contribution is 7.81. The minimum absolute atomic E-state index is 0.0521. The van der Waals surface area contributed by atoms with Gasteiger partial charge in [0.2, 0.25) is 0 Å². The zero-order valence-electron chi connectivity index (χ0n) is 8.53. The SMILES string of the molecule is Cc1ccccc1.O=C1NCCOC1=S. The summed E-state index contributed by atoms with van der Waals surface area (Å²) in [4.78, 5) is 10.4. The lowest BCUT2D eigenvalue weighted by molar-refractivity contribution is -0.117. The molecule has 1 N–H and O–H groups in total. The monoisotopic (exact) mass is 223 g/mol. The fourth-order valence-electron chi connectivity index (χ4n) is 0.980. The summed E-state index contributed by atoms with van der Waals surface area (Å²) in [6, 6.07) is 10.3. The van der Waals surface area contributed by atoms with Gasteiger partial charge in [0.05, 0.1) is 6.54 Å². The summed E-state index contributed by atoms with van der Waals surface area (Å²) in [7, 11) is 0. The van der Waals surface area contributed by atoms with Gasteiger partial charge in [-0.05, 0) is 19.1 Å². The van der Waals surface area contributed by atoms with Crippen LogP contribution in [0, 0.1) is 6.92 Å². The highest BCUT2D eigenvalue weighted by Gasteiger charge is 2.13. The molecule has 1 aliphatic heterocycles. The molecule has 0 aromatic heterocycles. The molecule has 1 saturated heterocycles. The first-order valence-corrected chi connectivity index (χ1v) is 5.07. The molecule has 1 amide bonds. The number of rotatable bonds is 0. The second-order valence-corrected chi connectivity index (χ2v) is 3.42. The third-order valence-electron chi connectivity index (χ3n) is 1.75. The first kappa shape index (κ1) is 11.7. The van der Waals surface area contributed by atoms with Crippen molar-refractivity contribution in [2.75, 3.05) is 13.2 Å². The van der Waals surface area contributed by atoms with Gasteiger partial charge in [0.25, 0.3) is 11.0 Å². The maximum atomic E-state index is 10.4. The molecule has 0 aliphatic carbocycles. The Labute approximate surface area is 94.4 Å². The van der Waals surface area contributed by atoms with Crippen molar-refractivity contribution in [1.29, 1.82) is 0 Å². The predicted octanol–water partition coefficient (Wildman–Crippen LogP) is 1.46. The number of benzene rings is 1. The lowest BCUT2D eigenvalue weighted by Gasteiger charge is -2.12. The molecule has 0 radical (unpaired) electrons. The van der Waals surface area contributed by atoms with E-state index < -0.39 is 0 Å². The maximum Gasteiger partial charge on any atom is 0.298 e. The molecule has 80 valence electrons. The van der Waals surface area contributed by atoms with Crippen LogP contribution in [0.4, 0.5) is 0 Å². The van der Waals surface area contributed by atoms with Gasteiger partial charge in [-0.25, -0.2) is 0 Å². The number of carbonyl (C=O) groups excluding carboxylic acids is 1. The minimum Gasteiger partial charge on any atom is -0.478 e. The molecule has 1 heterocycles. The minimum atomic E-state index is -0.272. The summed E-state index contributed by atoms with van der Waals surface area (Å²) in [6.45, 7) is 3.16. The van der Waals surface area contributed by atoms with Crippen molar-refractivity contribution in [3.05, 3.63) is 35.9 Å². The number of hydrogen-bond acceptors (Lipinski definition) is 3. The summed E-state index contributed by atoms with van der Waals surface area (Å²) < 4.78 is 4.71. The van der Waals surface area contributed by atoms with Crippen LogP contribution in [0.15, 0.2) is 30.3 Å². The number of morpholine rings is 1. The average molecular weight is 223 g/mol. The molecule has 0 spiro atoms. The Bertz CT molecular complexity index is 322. The molecule has 1 fully saturated rings. The van der Waals surface area contributed by atoms with Crippen LogP contribution in [-0.4, -0.2) is 24.1 Å². The Morgan fingerprint density at radius 3 is 2.33 bits per heavy atom. The van der Waals surface area contributed by atoms with E-state index in [-0.39, 0.29) is 11.0 Å². The Hall–Kier alpha value is -1.42. The van der Waals surface area contributed by atoms with Gasteiger partial charge in [0.1, 0.15) is 6.61 Å². The molecule has 1 aliphatic rings. The molecule has 1 aromatic carbocycles. The van der Waals surface area contributed by atoms with E-state index in [1.165, 1.54) is 5.56 Å². The van der Waals surface area contributed by atoms with Gasteiger partial charge in [-0.15, -0.1) is 0 Å². The molecule has 1 aromatic rings. The van der Waals surface area contributed by atoms with E-state index in [1.807, 2.05) is 18.2 Å². The highest BCUT2D eigenvalue weighted by Crippen LogP contribution is 1.92. The van der Waals surface area contributed by atoms with Gasteiger partial charge in [0, 0.05) is 0 Å². The van der Waals surface area contributed by atoms with E-state index in [1.54, 1.807) is 0 Å². The van der Waals surface area contributed by atoms with Crippen molar-refractivity contribution < 1.29 is 9.53 Å². The molecular weight excluding hydrogens is 210 g/mol. The highest BCUT2D eigenvalue weighted by atomic mass is 32.1. The van der Waals surface area contributed by atoms with E-state index >= 15 is 0 Å². The van der Waals surface area contributed by atoms with Gasteiger partial charge in [0.15, 0.2) is 0 Å². The van der Waals surface area contributed by atoms with Crippen molar-refractivity contribution in [1.82, 2.24) is 5.32 Å². The van der Waals surface area contributed by atoms with Crippen LogP contribution in [0.25, 0.3) is 0 Å². The van der Waals surface area contributed by atoms with Crippen molar-refractivity contribution in [3.8, 4) is 0 Å². The molecule has 0 unspecified atom stereocenters. The standard InChI is InChI=1S/C7H8.C4H5NO2S/c1-7-5-3-2-4-6-7;6-3-4(8)7-2-1-5-3/h2-6H,1H3;1-2H2,(H,5,6). The number of hydrogen-bond donors (Lipinski definition) is 1. The number of ether oxygens (including phenoxy) is 1. The van der Waals surface area contributed by atoms with Crippen LogP contribution in [-0.2, 0) is 9.53 Å². The summed E-state index contributed by atoms with van der Waals surface area (Å²) >= 11 is 4.49. The number of amides is 1. The zero-order chi connectivity index (χ0) is 11.1. The largest absolute Gasteiger partial charge is 0.478 e. The summed E-state index contributed by atoms with van der Waals surface area (Å²) in [5.74, 6) is -0.272. The van der Waals surface area contributed by atoms with Crippen molar-refractivity contribution >= 4 is 23.2 Å². The Morgan fingerprint density at radius 1 is 1.33 bits per heavy atom. The molecule has 15 heavy (non-hydrogen) atoms. The Morgan fingerprint density at radius 2 is 2.00 bits per heavy atom. The first-order chi connectivity index (χ1) is 7.20. The predicted molar refractivity (Wildman–Crippen MR) is 62.7 cm³/mol. The van der Waals surface area contributed by atoms with Crippen molar-refractivity contribution in [3.63, 3.8) is 0 Å². The Kier molecular flexibility index (Phi) is 4.77. The quantitative estimate of drug-likeness (QED) is 0.677. The van der Waals surface area contributed by atoms with Crippen LogP contribution >= 0.6 is 12.2 Å². The van der Waals surface area contributed by atoms with Gasteiger partial charge in [-0.1, -0.05) is 35.9 Å². The maximum absolute atomic E-state index is 10.4. The van der Waals surface area contributed by atoms with Crippen molar-refractivity contribution in [2.24, 2.45) is 0 Å². The van der Waals surface area contributed by atoms with Crippen LogP contribution in [0.2, 0.25) is 0 Å². The van der Waals surface area contributed by atoms with E-state index in [2.05, 4.69) is 36.6 Å². The smallest absolute Gasteiger partial charge is 0.298 e. The lowest BCUT2D eigenvalue weighted by atomic mass is 10.2. The topological polar surface area (TPSA) is 38.3 Å². The summed E-state index contributed by atoms with van der Waals surface area (Å²) in [5.41, 5.74) is 1.32. The van der Waals surface area contributed by atoms with E-state index in [4.69, 9.17) is 4.74 Å². The molecule has 0 saturated carbocycles. The van der Waals surface area contributed by atoms with Gasteiger partial charge >= 0.3 is 0 Å². The normalized spacial score (nSPS) is 14.5. The number of carbonyl (C=O) groups is 1. The van der Waals surface area contributed by atoms with Crippen LogP contribution in [0.1, 0.15) is 5.56 Å². The molecule has 2 rings (SSSR count). The average Bonchev–Trinajstić information content (AvgIpc) is 2.25. The second-order valence-electron chi connectivity index (χ2n) is 3.05. The van der Waals surface area contributed by atoms with E-state index in [9.17, 15) is 4.79 Å². The van der Waals surface area contributed by atoms with Crippen LogP contribution in [0.3, 0.4) is 0 Å². The number of nitrogens with one attached hydrogen (secondary N) is 1. The zero-order valence-corrected chi connectivity index (χ0v) is 9.34. The number of thiocarbonyl (C=S) groups is 1. The van der Waals surface area contributed by atoms with Crippen LogP contribution in [0.5, 0.6) is 0 Å². The third kappa shape index (κ3) is 4.56. The van der Waals surface area contributed by atoms with E-state index in [0.29, 0.717) is 13.2 Å². The number of aryl methyl sites for hydroxylation is 1. The third-order valence-corrected chi connectivity index (χ3v) is 2.05. The summed E-state index contributed by atoms with van der Waals surface area (Å²) in [6.07, 6.45) is 0. The van der Waals surface area contributed by atoms with Crippen molar-refractivity contribution in [2.45, 2.75) is 6.92 Å². The fourth-order valence-corrected chi connectivity index (χ4v) is 1.14. The Balaban J connectivity index is 0.000000151. The molecule has 0 atom stereocenters. The van der Waals surface area contributed by atoms with E-state index in [0.717, 1.165) is 0 Å². The van der Waals surface area contributed by atoms with Gasteiger partial charge in [-0.2, -0.15) is 0 Å². The molecular formula is C11H13NO2S. The second kappa shape index (κ2) is 6.14.